The van der Waals surface area contributed by atoms with E-state index in [9.17, 15) is 4.79 Å². The van der Waals surface area contributed by atoms with Gasteiger partial charge in [-0.15, -0.1) is 0 Å². The molecule has 0 radical (unpaired) electrons. The van der Waals surface area contributed by atoms with Crippen LogP contribution in [0.25, 0.3) is 0 Å². The lowest BCUT2D eigenvalue weighted by atomic mass is 9.95. The van der Waals surface area contributed by atoms with Gasteiger partial charge in [0.25, 0.3) is 0 Å². The molecule has 2 aromatic rings. The highest BCUT2D eigenvalue weighted by Gasteiger charge is 2.23. The van der Waals surface area contributed by atoms with E-state index in [-0.39, 0.29) is 5.91 Å². The quantitative estimate of drug-likeness (QED) is 0.920. The molecule has 0 saturated heterocycles. The zero-order chi connectivity index (χ0) is 15.0. The van der Waals surface area contributed by atoms with Crippen LogP contribution in [0.4, 0.5) is 0 Å². The molecule has 1 aliphatic heterocycles. The molecule has 0 unspecified atom stereocenters. The van der Waals surface area contributed by atoms with Crippen LogP contribution >= 0.6 is 0 Å². The highest BCUT2D eigenvalue weighted by molar-refractivity contribution is 5.79. The van der Waals surface area contributed by atoms with Gasteiger partial charge in [0.2, 0.25) is 5.91 Å². The first-order valence-electron chi connectivity index (χ1n) is 7.42. The molecular formula is C17H21N3O. The van der Waals surface area contributed by atoms with Crippen LogP contribution in [0.3, 0.4) is 0 Å². The zero-order valence-corrected chi connectivity index (χ0v) is 12.9. The minimum absolute atomic E-state index is 0.191. The van der Waals surface area contributed by atoms with E-state index in [0.717, 1.165) is 36.5 Å². The van der Waals surface area contributed by atoms with E-state index in [2.05, 4.69) is 35.3 Å². The second-order valence-electron chi connectivity index (χ2n) is 5.87. The number of hydrogen-bond donors (Lipinski definition) is 1. The van der Waals surface area contributed by atoms with E-state index in [1.54, 1.807) is 0 Å². The predicted molar refractivity (Wildman–Crippen MR) is 82.1 cm³/mol. The lowest BCUT2D eigenvalue weighted by molar-refractivity contribution is -0.131. The molecule has 3 rings (SSSR count). The molecular weight excluding hydrogens is 262 g/mol. The first kappa shape index (κ1) is 13.9. The van der Waals surface area contributed by atoms with Gasteiger partial charge in [-0.1, -0.05) is 18.2 Å². The summed E-state index contributed by atoms with van der Waals surface area (Å²) in [5, 5.41) is 7.12. The molecule has 0 bridgehead atoms. The first-order chi connectivity index (χ1) is 10.1. The number of aromatic amines is 1. The fraction of sp³-hybridized carbons (Fsp3) is 0.412. The Bertz CT molecular complexity index is 668. The summed E-state index contributed by atoms with van der Waals surface area (Å²) in [7, 11) is 0. The maximum Gasteiger partial charge on any atom is 0.227 e. The monoisotopic (exact) mass is 283 g/mol. The first-order valence-corrected chi connectivity index (χ1v) is 7.42. The summed E-state index contributed by atoms with van der Waals surface area (Å²) in [6, 6.07) is 6.40. The topological polar surface area (TPSA) is 49.0 Å². The molecule has 0 saturated carbocycles. The summed E-state index contributed by atoms with van der Waals surface area (Å²) in [4.78, 5) is 14.5. The van der Waals surface area contributed by atoms with Crippen LogP contribution in [0, 0.1) is 20.8 Å². The van der Waals surface area contributed by atoms with Crippen molar-refractivity contribution in [2.45, 2.75) is 40.2 Å². The number of aryl methyl sites for hydroxylation is 3. The van der Waals surface area contributed by atoms with E-state index in [1.807, 2.05) is 18.7 Å². The van der Waals surface area contributed by atoms with E-state index in [4.69, 9.17) is 0 Å². The number of carbonyl (C=O) groups is 1. The van der Waals surface area contributed by atoms with Gasteiger partial charge in [-0.05, 0) is 43.9 Å². The van der Waals surface area contributed by atoms with Crippen LogP contribution in [0.5, 0.6) is 0 Å². The SMILES string of the molecule is Cc1cccc2c1CN(C(=O)Cc1c(C)n[nH]c1C)CC2. The standard InChI is InChI=1S/C17H21N3O/c1-11-5-4-6-14-7-8-20(10-16(11)14)17(21)9-15-12(2)18-19-13(15)3/h4-6H,7-10H2,1-3H3,(H,18,19). The van der Waals surface area contributed by atoms with Crippen molar-refractivity contribution in [3.8, 4) is 0 Å². The van der Waals surface area contributed by atoms with Crippen molar-refractivity contribution in [3.63, 3.8) is 0 Å². The lowest BCUT2D eigenvalue weighted by Crippen LogP contribution is -2.37. The summed E-state index contributed by atoms with van der Waals surface area (Å²) in [6.07, 6.45) is 1.39. The maximum absolute atomic E-state index is 12.6. The summed E-state index contributed by atoms with van der Waals surface area (Å²) >= 11 is 0. The smallest absolute Gasteiger partial charge is 0.227 e. The molecule has 0 spiro atoms. The van der Waals surface area contributed by atoms with E-state index in [1.165, 1.54) is 16.7 Å². The molecule has 4 nitrogen and oxygen atoms in total. The number of nitrogens with one attached hydrogen (secondary N) is 1. The third-order valence-electron chi connectivity index (χ3n) is 4.47. The molecule has 2 heterocycles. The highest BCUT2D eigenvalue weighted by atomic mass is 16.2. The van der Waals surface area contributed by atoms with Gasteiger partial charge in [0.15, 0.2) is 0 Å². The molecule has 110 valence electrons. The molecule has 0 aliphatic carbocycles. The minimum atomic E-state index is 0.191. The Labute approximate surface area is 125 Å². The molecule has 1 aliphatic rings. The number of amides is 1. The Kier molecular flexibility index (Phi) is 3.53. The summed E-state index contributed by atoms with van der Waals surface area (Å²) < 4.78 is 0. The molecule has 1 amide bonds. The van der Waals surface area contributed by atoms with Crippen molar-refractivity contribution in [1.82, 2.24) is 15.1 Å². The Morgan fingerprint density at radius 3 is 2.86 bits per heavy atom. The lowest BCUT2D eigenvalue weighted by Gasteiger charge is -2.30. The van der Waals surface area contributed by atoms with Crippen LogP contribution in [0.15, 0.2) is 18.2 Å². The van der Waals surface area contributed by atoms with E-state index >= 15 is 0 Å². The second kappa shape index (κ2) is 5.35. The van der Waals surface area contributed by atoms with Gasteiger partial charge in [-0.25, -0.2) is 0 Å². The minimum Gasteiger partial charge on any atom is -0.338 e. The molecule has 1 aromatic carbocycles. The average Bonchev–Trinajstić information content (AvgIpc) is 2.79. The van der Waals surface area contributed by atoms with Gasteiger partial charge in [0, 0.05) is 24.3 Å². The number of nitrogens with zero attached hydrogens (tertiary/aromatic N) is 2. The van der Waals surface area contributed by atoms with Crippen LogP contribution in [0.2, 0.25) is 0 Å². The summed E-state index contributed by atoms with van der Waals surface area (Å²) in [6.45, 7) is 7.58. The van der Waals surface area contributed by atoms with Crippen molar-refractivity contribution < 1.29 is 4.79 Å². The highest BCUT2D eigenvalue weighted by Crippen LogP contribution is 2.23. The van der Waals surface area contributed by atoms with Crippen molar-refractivity contribution in [3.05, 3.63) is 51.8 Å². The van der Waals surface area contributed by atoms with Crippen molar-refractivity contribution in [2.75, 3.05) is 6.54 Å². The third-order valence-corrected chi connectivity index (χ3v) is 4.47. The van der Waals surface area contributed by atoms with E-state index < -0.39 is 0 Å². The Hall–Kier alpha value is -2.10. The molecule has 0 atom stereocenters. The van der Waals surface area contributed by atoms with Crippen molar-refractivity contribution >= 4 is 5.91 Å². The van der Waals surface area contributed by atoms with Gasteiger partial charge >= 0.3 is 0 Å². The summed E-state index contributed by atoms with van der Waals surface area (Å²) in [5.41, 5.74) is 6.94. The predicted octanol–water partition coefficient (Wildman–Crippen LogP) is 2.46. The van der Waals surface area contributed by atoms with Crippen LogP contribution < -0.4 is 0 Å². The Morgan fingerprint density at radius 1 is 1.33 bits per heavy atom. The fourth-order valence-corrected chi connectivity index (χ4v) is 3.06. The molecule has 0 fully saturated rings. The van der Waals surface area contributed by atoms with Crippen LogP contribution in [-0.2, 0) is 24.2 Å². The number of carbonyl (C=O) groups excluding carboxylic acids is 1. The van der Waals surface area contributed by atoms with Gasteiger partial charge in [-0.2, -0.15) is 5.10 Å². The number of benzene rings is 1. The molecule has 21 heavy (non-hydrogen) atoms. The zero-order valence-electron chi connectivity index (χ0n) is 12.9. The number of rotatable bonds is 2. The maximum atomic E-state index is 12.6. The molecule has 1 aromatic heterocycles. The third kappa shape index (κ3) is 2.58. The van der Waals surface area contributed by atoms with Gasteiger partial charge in [0.05, 0.1) is 12.1 Å². The fourth-order valence-electron chi connectivity index (χ4n) is 3.06. The summed E-state index contributed by atoms with van der Waals surface area (Å²) in [5.74, 6) is 0.191. The van der Waals surface area contributed by atoms with Crippen LogP contribution in [0.1, 0.15) is 33.6 Å². The van der Waals surface area contributed by atoms with E-state index in [0.29, 0.717) is 6.42 Å². The van der Waals surface area contributed by atoms with Gasteiger partial charge in [0.1, 0.15) is 0 Å². The van der Waals surface area contributed by atoms with Gasteiger partial charge < -0.3 is 4.90 Å². The normalized spacial score (nSPS) is 14.1. The molecule has 1 N–H and O–H groups in total. The average molecular weight is 283 g/mol. The Morgan fingerprint density at radius 2 is 2.14 bits per heavy atom. The Balaban J connectivity index is 1.77. The second-order valence-corrected chi connectivity index (χ2v) is 5.87. The number of aromatic nitrogens is 2. The largest absolute Gasteiger partial charge is 0.338 e. The van der Waals surface area contributed by atoms with Crippen molar-refractivity contribution in [2.24, 2.45) is 0 Å². The van der Waals surface area contributed by atoms with Gasteiger partial charge in [-0.3, -0.25) is 9.89 Å². The number of H-pyrrole nitrogens is 1. The number of hydrogen-bond acceptors (Lipinski definition) is 2. The van der Waals surface area contributed by atoms with Crippen LogP contribution in [-0.4, -0.2) is 27.5 Å². The number of fused-ring (bicyclic) bond motifs is 1. The van der Waals surface area contributed by atoms with Crippen molar-refractivity contribution in [1.29, 1.82) is 0 Å². The molecule has 4 heteroatoms.